The lowest BCUT2D eigenvalue weighted by Gasteiger charge is -2.39. The number of nitrogens with two attached hydrogens (primary N) is 1. The van der Waals surface area contributed by atoms with Crippen molar-refractivity contribution < 1.29 is 13.2 Å². The first-order valence-corrected chi connectivity index (χ1v) is 13.4. The number of halogens is 1. The molecule has 3 heterocycles. The number of aromatic nitrogens is 4. The molecule has 0 bridgehead atoms. The summed E-state index contributed by atoms with van der Waals surface area (Å²) in [6.45, 7) is 5.27. The first-order valence-electron chi connectivity index (χ1n) is 11.6. The average Bonchev–Trinajstić information content (AvgIpc) is 3.59. The summed E-state index contributed by atoms with van der Waals surface area (Å²) in [5.74, 6) is 0.829. The minimum absolute atomic E-state index is 0.155. The Bertz CT molecular complexity index is 1450. The minimum Gasteiger partial charge on any atom is -0.493 e. The fourth-order valence-corrected chi connectivity index (χ4v) is 6.91. The van der Waals surface area contributed by atoms with Crippen LogP contribution in [0.3, 0.4) is 0 Å². The average molecular weight is 516 g/mol. The van der Waals surface area contributed by atoms with Crippen LogP contribution >= 0.6 is 11.6 Å². The van der Waals surface area contributed by atoms with Gasteiger partial charge in [-0.25, -0.2) is 27.4 Å². The predicted molar refractivity (Wildman–Crippen MR) is 132 cm³/mol. The molecule has 0 atom stereocenters. The van der Waals surface area contributed by atoms with Crippen molar-refractivity contribution in [3.05, 3.63) is 39.8 Å². The van der Waals surface area contributed by atoms with Gasteiger partial charge in [0.1, 0.15) is 24.0 Å². The summed E-state index contributed by atoms with van der Waals surface area (Å²) in [6, 6.07) is 3.96. The quantitative estimate of drug-likeness (QED) is 0.483. The van der Waals surface area contributed by atoms with Crippen LogP contribution in [0.25, 0.3) is 11.0 Å². The molecule has 0 spiro atoms. The number of aryl methyl sites for hydroxylation is 3. The molecule has 2 N–H and O–H groups in total. The van der Waals surface area contributed by atoms with Crippen molar-refractivity contribution in [2.45, 2.75) is 50.8 Å². The Balaban J connectivity index is 1.48. The van der Waals surface area contributed by atoms with Crippen molar-refractivity contribution in [1.82, 2.24) is 24.1 Å². The molecule has 1 saturated heterocycles. The van der Waals surface area contributed by atoms with Gasteiger partial charge in [-0.3, -0.25) is 0 Å². The molecule has 3 aromatic rings. The van der Waals surface area contributed by atoms with E-state index >= 15 is 0 Å². The topological polar surface area (TPSA) is 140 Å². The van der Waals surface area contributed by atoms with E-state index in [2.05, 4.69) is 21.1 Å². The van der Waals surface area contributed by atoms with Gasteiger partial charge in [-0.05, 0) is 44.7 Å². The Morgan fingerprint density at radius 2 is 2.06 bits per heavy atom. The normalized spacial score (nSPS) is 16.9. The molecule has 5 rings (SSSR count). The number of nitrogens with zero attached hydrogens (tertiary/aromatic N) is 6. The van der Waals surface area contributed by atoms with E-state index in [1.165, 1.54) is 10.6 Å². The van der Waals surface area contributed by atoms with Crippen LogP contribution in [0, 0.1) is 18.3 Å². The highest BCUT2D eigenvalue weighted by Crippen LogP contribution is 2.44. The Kier molecular flexibility index (Phi) is 6.07. The molecular weight excluding hydrogens is 490 g/mol. The maximum atomic E-state index is 12.6. The number of hydrogen-bond donors (Lipinski definition) is 1. The van der Waals surface area contributed by atoms with E-state index in [1.807, 2.05) is 13.8 Å². The number of benzene rings is 1. The van der Waals surface area contributed by atoms with E-state index < -0.39 is 10.0 Å². The van der Waals surface area contributed by atoms with Gasteiger partial charge < -0.3 is 10.5 Å². The van der Waals surface area contributed by atoms with Crippen LogP contribution in [0.4, 0.5) is 5.82 Å². The molecule has 1 aliphatic carbocycles. The Morgan fingerprint density at radius 1 is 1.31 bits per heavy atom. The fourth-order valence-electron chi connectivity index (χ4n) is 4.71. The highest BCUT2D eigenvalue weighted by Gasteiger charge is 2.46. The summed E-state index contributed by atoms with van der Waals surface area (Å²) in [5, 5.41) is 15.2. The number of fused-ring (bicyclic) bond motifs is 1. The van der Waals surface area contributed by atoms with Crippen molar-refractivity contribution >= 4 is 38.5 Å². The molecule has 1 saturated carbocycles. The monoisotopic (exact) mass is 515 g/mol. The summed E-state index contributed by atoms with van der Waals surface area (Å²) in [7, 11) is -3.26. The largest absolute Gasteiger partial charge is 0.493 e. The number of nitriles is 1. The Morgan fingerprint density at radius 3 is 2.71 bits per heavy atom. The molecule has 10 nitrogen and oxygen atoms in total. The van der Waals surface area contributed by atoms with E-state index in [-0.39, 0.29) is 11.2 Å². The van der Waals surface area contributed by atoms with Gasteiger partial charge in [-0.2, -0.15) is 10.4 Å². The summed E-state index contributed by atoms with van der Waals surface area (Å²) >= 11 is 6.55. The Hall–Kier alpha value is -2.94. The zero-order valence-corrected chi connectivity index (χ0v) is 21.1. The van der Waals surface area contributed by atoms with Crippen LogP contribution in [-0.2, 0) is 23.0 Å². The fraction of sp³-hybridized carbons (Fsp3) is 0.478. The van der Waals surface area contributed by atoms with Crippen LogP contribution in [0.15, 0.2) is 12.4 Å². The van der Waals surface area contributed by atoms with E-state index in [0.29, 0.717) is 66.0 Å². The van der Waals surface area contributed by atoms with E-state index in [4.69, 9.17) is 22.1 Å². The lowest BCUT2D eigenvalue weighted by molar-refractivity contribution is 0.252. The van der Waals surface area contributed by atoms with Gasteiger partial charge in [0, 0.05) is 31.1 Å². The van der Waals surface area contributed by atoms with Crippen LogP contribution in [0.5, 0.6) is 5.75 Å². The molecule has 0 unspecified atom stereocenters. The van der Waals surface area contributed by atoms with Gasteiger partial charge in [-0.1, -0.05) is 11.6 Å². The first kappa shape index (κ1) is 23.8. The smallest absolute Gasteiger partial charge is 0.217 e. The van der Waals surface area contributed by atoms with Crippen LogP contribution in [-0.4, -0.2) is 57.4 Å². The standard InChI is InChI=1S/C23H26ClN7O3S/c1-3-34-21-14(6-7-31-23-19(13(2)29-31)22(26)27-12-28-23)8-18(24)17(9-25)20(21)15-10-30(11-15)35(32,33)16-4-5-16/h8,12,15-16H,3-7,10-11H2,1-2H3,(H2,26,27,28). The maximum Gasteiger partial charge on any atom is 0.217 e. The molecular formula is C23H26ClN7O3S. The van der Waals surface area contributed by atoms with E-state index in [1.54, 1.807) is 10.7 Å². The van der Waals surface area contributed by atoms with Gasteiger partial charge in [0.05, 0.1) is 33.5 Å². The number of hydrogen-bond acceptors (Lipinski definition) is 8. The van der Waals surface area contributed by atoms with Gasteiger partial charge in [-0.15, -0.1) is 0 Å². The van der Waals surface area contributed by atoms with Crippen molar-refractivity contribution in [2.24, 2.45) is 0 Å². The van der Waals surface area contributed by atoms with Gasteiger partial charge in [0.15, 0.2) is 5.65 Å². The molecule has 35 heavy (non-hydrogen) atoms. The minimum atomic E-state index is -3.26. The summed E-state index contributed by atoms with van der Waals surface area (Å²) in [5.41, 5.74) is 9.26. The number of nitrogen functional groups attached to an aromatic ring is 1. The molecule has 2 aliphatic rings. The highest BCUT2D eigenvalue weighted by molar-refractivity contribution is 7.90. The molecule has 0 amide bonds. The zero-order valence-electron chi connectivity index (χ0n) is 19.5. The van der Waals surface area contributed by atoms with Crippen LogP contribution < -0.4 is 10.5 Å². The van der Waals surface area contributed by atoms with Gasteiger partial charge >= 0.3 is 0 Å². The number of anilines is 1. The molecule has 2 fully saturated rings. The molecule has 184 valence electrons. The number of ether oxygens (including phenoxy) is 1. The third kappa shape index (κ3) is 4.09. The first-order chi connectivity index (χ1) is 16.8. The van der Waals surface area contributed by atoms with Gasteiger partial charge in [0.2, 0.25) is 10.0 Å². The lowest BCUT2D eigenvalue weighted by atomic mass is 9.87. The molecule has 1 aliphatic heterocycles. The summed E-state index contributed by atoms with van der Waals surface area (Å²) < 4.78 is 34.6. The number of rotatable bonds is 8. The second-order valence-corrected chi connectivity index (χ2v) is 11.6. The highest BCUT2D eigenvalue weighted by atomic mass is 35.5. The van der Waals surface area contributed by atoms with Crippen molar-refractivity contribution in [3.8, 4) is 11.8 Å². The van der Waals surface area contributed by atoms with Crippen LogP contribution in [0.2, 0.25) is 5.02 Å². The van der Waals surface area contributed by atoms with Crippen LogP contribution in [0.1, 0.15) is 48.1 Å². The molecule has 1 aromatic carbocycles. The van der Waals surface area contributed by atoms with Gasteiger partial charge in [0.25, 0.3) is 0 Å². The third-order valence-electron chi connectivity index (χ3n) is 6.63. The van der Waals surface area contributed by atoms with E-state index in [9.17, 15) is 13.7 Å². The van der Waals surface area contributed by atoms with Crippen molar-refractivity contribution in [3.63, 3.8) is 0 Å². The Labute approximate surface area is 208 Å². The number of sulfonamides is 1. The molecule has 2 aromatic heterocycles. The van der Waals surface area contributed by atoms with Crippen molar-refractivity contribution in [2.75, 3.05) is 25.4 Å². The summed E-state index contributed by atoms with van der Waals surface area (Å²) in [6.07, 6.45) is 3.37. The zero-order chi connectivity index (χ0) is 24.9. The predicted octanol–water partition coefficient (Wildman–Crippen LogP) is 2.77. The summed E-state index contributed by atoms with van der Waals surface area (Å²) in [4.78, 5) is 8.40. The molecule has 0 radical (unpaired) electrons. The second-order valence-electron chi connectivity index (χ2n) is 8.95. The lowest BCUT2D eigenvalue weighted by Crippen LogP contribution is -2.50. The van der Waals surface area contributed by atoms with Crippen molar-refractivity contribution in [1.29, 1.82) is 5.26 Å². The third-order valence-corrected chi connectivity index (χ3v) is 9.26. The maximum absolute atomic E-state index is 12.6. The second kappa shape index (κ2) is 8.93. The van der Waals surface area contributed by atoms with E-state index in [0.717, 1.165) is 29.5 Å². The molecule has 12 heteroatoms. The SMILES string of the molecule is CCOc1c(CCn2nc(C)c3c(N)ncnc32)cc(Cl)c(C#N)c1C1CN(S(=O)(=O)C2CC2)C1.